The van der Waals surface area contributed by atoms with Crippen molar-refractivity contribution in [1.82, 2.24) is 14.9 Å². The molecule has 62 heavy (non-hydrogen) atoms. The van der Waals surface area contributed by atoms with Gasteiger partial charge in [-0.2, -0.15) is 9.31 Å². The Morgan fingerprint density at radius 1 is 0.871 bits per heavy atom. The second-order valence-corrected chi connectivity index (χ2v) is 17.3. The highest BCUT2D eigenvalue weighted by molar-refractivity contribution is 7.92. The zero-order valence-corrected chi connectivity index (χ0v) is 36.4. The lowest BCUT2D eigenvalue weighted by Gasteiger charge is -2.18. The van der Waals surface area contributed by atoms with E-state index in [0.29, 0.717) is 51.5 Å². The second-order valence-electron chi connectivity index (χ2n) is 13.9. The Hall–Kier alpha value is -6.67. The predicted octanol–water partition coefficient (Wildman–Crippen LogP) is 8.28. The van der Waals surface area contributed by atoms with E-state index in [-0.39, 0.29) is 38.7 Å². The van der Waals surface area contributed by atoms with Crippen LogP contribution in [0.25, 0.3) is 11.4 Å². The first-order chi connectivity index (χ1) is 29.4. The Morgan fingerprint density at radius 3 is 2.26 bits per heavy atom. The van der Waals surface area contributed by atoms with Crippen LogP contribution in [0.3, 0.4) is 0 Å². The van der Waals surface area contributed by atoms with Gasteiger partial charge in [-0.3, -0.25) is 14.2 Å². The van der Waals surface area contributed by atoms with Gasteiger partial charge >= 0.3 is 11.3 Å². The van der Waals surface area contributed by atoms with E-state index in [0.717, 1.165) is 17.4 Å². The lowest BCUT2D eigenvalue weighted by Crippen LogP contribution is -2.30. The van der Waals surface area contributed by atoms with Gasteiger partial charge in [0.15, 0.2) is 29.2 Å². The highest BCUT2D eigenvalue weighted by atomic mass is 35.5. The number of fused-ring (bicyclic) bond motifs is 1. The number of carbonyl (C=O) groups excluding carboxylic acids is 1. The number of amides is 1. The second kappa shape index (κ2) is 17.7. The number of hydrogen-bond acceptors (Lipinski definition) is 13. The minimum Gasteiger partial charge on any atom is -0.504 e. The summed E-state index contributed by atoms with van der Waals surface area (Å²) in [6.45, 7) is 7.12. The third kappa shape index (κ3) is 10.3. The topological polar surface area (TPSA) is 228 Å². The van der Waals surface area contributed by atoms with Gasteiger partial charge in [0.2, 0.25) is 15.8 Å². The normalized spacial score (nSPS) is 13.8. The average molecular weight is 920 g/mol. The molecular formula is C41H36Cl2N8O9S2. The van der Waals surface area contributed by atoms with Crippen molar-refractivity contribution in [3.05, 3.63) is 118 Å². The SMILES string of the molecule is CC1=Nn2nc(-c3ccc(NS(C)(=O)=O)cc3)nc2C1=Nc1cc(Cl)c(O)c(OS(=O)Nc2ccc(Oc3cc(Cl)c(O)c(NC(=O)C(C)Oc4ccc(C)cc4C)c3)cc2)c1. The van der Waals surface area contributed by atoms with Gasteiger partial charge < -0.3 is 29.2 Å². The molecule has 0 radical (unpaired) electrons. The number of hydrogen-bond donors (Lipinski definition) is 5. The van der Waals surface area contributed by atoms with Crippen molar-refractivity contribution >= 4 is 84.6 Å². The minimum absolute atomic E-state index is 0.00746. The number of nitrogens with zero attached hydrogens (tertiary/aromatic N) is 5. The third-order valence-electron chi connectivity index (χ3n) is 8.85. The van der Waals surface area contributed by atoms with E-state index < -0.39 is 39.1 Å². The number of aromatic nitrogens is 3. The van der Waals surface area contributed by atoms with Crippen LogP contribution in [0.4, 0.5) is 22.7 Å². The fourth-order valence-electron chi connectivity index (χ4n) is 5.91. The maximum absolute atomic E-state index is 13.1. The van der Waals surface area contributed by atoms with Crippen LogP contribution in [0.1, 0.15) is 30.8 Å². The first-order valence-corrected chi connectivity index (χ1v) is 22.1. The molecule has 2 heterocycles. The van der Waals surface area contributed by atoms with Crippen molar-refractivity contribution in [2.75, 3.05) is 21.0 Å². The van der Waals surface area contributed by atoms with Crippen LogP contribution in [0.5, 0.6) is 34.5 Å². The number of benzene rings is 5. The predicted molar refractivity (Wildman–Crippen MR) is 238 cm³/mol. The van der Waals surface area contributed by atoms with Gasteiger partial charge in [-0.15, -0.1) is 9.89 Å². The maximum Gasteiger partial charge on any atom is 0.316 e. The summed E-state index contributed by atoms with van der Waals surface area (Å²) in [6.07, 6.45) is 0.150. The van der Waals surface area contributed by atoms with Crippen LogP contribution >= 0.6 is 23.2 Å². The Bertz CT molecular complexity index is 2930. The van der Waals surface area contributed by atoms with Gasteiger partial charge in [0.05, 0.1) is 33.4 Å². The summed E-state index contributed by atoms with van der Waals surface area (Å²) in [5.41, 5.74) is 4.31. The van der Waals surface area contributed by atoms with Crippen LogP contribution in [0.15, 0.2) is 101 Å². The number of rotatable bonds is 14. The van der Waals surface area contributed by atoms with E-state index in [9.17, 15) is 27.6 Å². The molecular weight excluding hydrogens is 884 g/mol. The quantitative estimate of drug-likeness (QED) is 0.0653. The number of phenolic OH excluding ortho intramolecular Hbond substituents is 2. The van der Waals surface area contributed by atoms with Gasteiger partial charge in [0.25, 0.3) is 5.91 Å². The first-order valence-electron chi connectivity index (χ1n) is 18.3. The Labute approximate surface area is 367 Å². The first kappa shape index (κ1) is 43.4. The molecule has 1 aromatic heterocycles. The number of ether oxygens (including phenoxy) is 2. The standard InChI is InChI=1S/C41H36Cl2N8O9S2/c1-21-6-15-34(22(2)16-21)58-24(4)41(54)45-33-20-30(19-32(43)37(33)52)59-29-13-11-26(12-14-29)49-61(55)60-35-18-28(17-31(42)38(35)53)44-36-23(3)47-51-40(36)46-39(48-51)25-7-9-27(10-8-25)50-62(5,56)57/h6-20,24,49-50,52-53H,1-5H3,(H,45,54). The van der Waals surface area contributed by atoms with Gasteiger partial charge in [0, 0.05) is 35.1 Å². The zero-order chi connectivity index (χ0) is 44.5. The molecule has 6 aromatic rings. The van der Waals surface area contributed by atoms with Crippen molar-refractivity contribution in [2.45, 2.75) is 33.8 Å². The molecule has 1 aliphatic heterocycles. The molecule has 17 nitrogen and oxygen atoms in total. The highest BCUT2D eigenvalue weighted by Gasteiger charge is 2.26. The van der Waals surface area contributed by atoms with Crippen LogP contribution in [-0.2, 0) is 26.1 Å². The zero-order valence-electron chi connectivity index (χ0n) is 33.3. The molecule has 2 unspecified atom stereocenters. The molecule has 320 valence electrons. The number of carbonyl (C=O) groups is 1. The number of aliphatic imine (C=N–C) groups is 1. The van der Waals surface area contributed by atoms with Crippen molar-refractivity contribution in [2.24, 2.45) is 10.1 Å². The lowest BCUT2D eigenvalue weighted by molar-refractivity contribution is -0.122. The van der Waals surface area contributed by atoms with E-state index in [2.05, 4.69) is 34.9 Å². The number of nitrogens with one attached hydrogen (secondary N) is 3. The number of aryl methyl sites for hydroxylation is 2. The summed E-state index contributed by atoms with van der Waals surface area (Å²) >= 11 is 10.4. The van der Waals surface area contributed by atoms with Crippen LogP contribution < -0.4 is 28.4 Å². The van der Waals surface area contributed by atoms with Crippen LogP contribution in [0.2, 0.25) is 10.0 Å². The van der Waals surface area contributed by atoms with E-state index in [1.165, 1.54) is 29.1 Å². The molecule has 0 aliphatic carbocycles. The fourth-order valence-corrected chi connectivity index (χ4v) is 7.55. The van der Waals surface area contributed by atoms with Crippen molar-refractivity contribution in [1.29, 1.82) is 0 Å². The molecule has 5 aromatic carbocycles. The minimum atomic E-state index is -3.45. The van der Waals surface area contributed by atoms with E-state index in [4.69, 9.17) is 36.9 Å². The fraction of sp³-hybridized carbons (Fsp3) is 0.146. The summed E-state index contributed by atoms with van der Waals surface area (Å²) < 4.78 is 58.6. The summed E-state index contributed by atoms with van der Waals surface area (Å²) in [5.74, 6) is 0.114. The number of aromatic hydroxyl groups is 2. The van der Waals surface area contributed by atoms with Crippen LogP contribution in [0, 0.1) is 13.8 Å². The van der Waals surface area contributed by atoms with Gasteiger partial charge in [-0.25, -0.2) is 18.4 Å². The molecule has 21 heteroatoms. The van der Waals surface area contributed by atoms with Gasteiger partial charge in [0.1, 0.15) is 23.0 Å². The van der Waals surface area contributed by atoms with Crippen molar-refractivity contribution in [3.63, 3.8) is 0 Å². The number of anilines is 3. The lowest BCUT2D eigenvalue weighted by atomic mass is 10.1. The number of halogens is 2. The third-order valence-corrected chi connectivity index (χ3v) is 10.8. The number of sulfonamides is 1. The highest BCUT2D eigenvalue weighted by Crippen LogP contribution is 2.40. The summed E-state index contributed by atoms with van der Waals surface area (Å²) in [4.78, 5) is 23.5. The summed E-state index contributed by atoms with van der Waals surface area (Å²) in [7, 11) is -3.45. The molecule has 7 rings (SSSR count). The summed E-state index contributed by atoms with van der Waals surface area (Å²) in [5, 5.41) is 32.5. The van der Waals surface area contributed by atoms with Crippen molar-refractivity contribution in [3.8, 4) is 45.9 Å². The smallest absolute Gasteiger partial charge is 0.316 e. The molecule has 0 bridgehead atoms. The van der Waals surface area contributed by atoms with Gasteiger partial charge in [-0.05, 0) is 93.9 Å². The van der Waals surface area contributed by atoms with E-state index in [1.807, 2.05) is 26.0 Å². The summed E-state index contributed by atoms with van der Waals surface area (Å²) in [6, 6.07) is 23.8. The molecule has 0 fully saturated rings. The van der Waals surface area contributed by atoms with E-state index >= 15 is 0 Å². The molecule has 0 spiro atoms. The molecule has 5 N–H and O–H groups in total. The van der Waals surface area contributed by atoms with Crippen molar-refractivity contribution < 1.29 is 41.3 Å². The number of phenols is 2. The maximum atomic E-state index is 13.1. The molecule has 1 aliphatic rings. The molecule has 2 atom stereocenters. The van der Waals surface area contributed by atoms with E-state index in [1.54, 1.807) is 68.4 Å². The monoisotopic (exact) mass is 918 g/mol. The Morgan fingerprint density at radius 2 is 1.56 bits per heavy atom. The molecule has 0 saturated heterocycles. The Kier molecular flexibility index (Phi) is 12.4. The van der Waals surface area contributed by atoms with Crippen LogP contribution in [-0.4, -0.2) is 67.4 Å². The largest absolute Gasteiger partial charge is 0.504 e. The molecule has 0 saturated carbocycles. The van der Waals surface area contributed by atoms with Gasteiger partial charge in [-0.1, -0.05) is 40.9 Å². The molecule has 1 amide bonds. The average Bonchev–Trinajstić information content (AvgIpc) is 3.74. The Balaban J connectivity index is 0.991.